The number of hydrogen-bond donors (Lipinski definition) is 3. The number of benzene rings is 1. The molecule has 0 radical (unpaired) electrons. The molecule has 2 aliphatic carbocycles. The molecule has 3 heterocycles. The van der Waals surface area contributed by atoms with E-state index in [-0.39, 0.29) is 30.7 Å². The number of aromatic nitrogens is 4. The maximum Gasteiger partial charge on any atom is 0.224 e. The zero-order valence-corrected chi connectivity index (χ0v) is 21.1. The highest BCUT2D eigenvalue weighted by Crippen LogP contribution is 2.36. The van der Waals surface area contributed by atoms with E-state index in [0.29, 0.717) is 5.95 Å². The normalized spacial score (nSPS) is 27.4. The number of nitrogens with one attached hydrogen (secondary N) is 1. The minimum Gasteiger partial charge on any atom is -0.396 e. The van der Waals surface area contributed by atoms with Crippen LogP contribution < -0.4 is 5.32 Å². The third kappa shape index (κ3) is 4.98. The summed E-state index contributed by atoms with van der Waals surface area (Å²) in [5, 5.41) is 28.8. The van der Waals surface area contributed by atoms with Gasteiger partial charge in [-0.3, -0.25) is 4.90 Å². The molecular formula is C27H37N7O2. The second kappa shape index (κ2) is 10.0. The summed E-state index contributed by atoms with van der Waals surface area (Å²) in [5.41, 5.74) is 4.14. The van der Waals surface area contributed by atoms with Crippen molar-refractivity contribution in [1.29, 1.82) is 0 Å². The molecule has 36 heavy (non-hydrogen) atoms. The second-order valence-electron chi connectivity index (χ2n) is 10.9. The van der Waals surface area contributed by atoms with E-state index in [9.17, 15) is 10.2 Å². The smallest absolute Gasteiger partial charge is 0.224 e. The van der Waals surface area contributed by atoms with Gasteiger partial charge in [-0.1, -0.05) is 24.3 Å². The Kier molecular flexibility index (Phi) is 6.64. The fourth-order valence-corrected chi connectivity index (χ4v) is 5.59. The van der Waals surface area contributed by atoms with Gasteiger partial charge in [0.15, 0.2) is 5.65 Å². The molecule has 0 spiro atoms. The summed E-state index contributed by atoms with van der Waals surface area (Å²) in [5.74, 6) is 0.878. The predicted molar refractivity (Wildman–Crippen MR) is 140 cm³/mol. The van der Waals surface area contributed by atoms with Gasteiger partial charge in [-0.2, -0.15) is 10.1 Å². The molecule has 2 aromatic heterocycles. The van der Waals surface area contributed by atoms with E-state index in [0.717, 1.165) is 87.1 Å². The van der Waals surface area contributed by atoms with Crippen molar-refractivity contribution in [3.63, 3.8) is 0 Å². The fourth-order valence-electron chi connectivity index (χ4n) is 5.59. The lowest BCUT2D eigenvalue weighted by atomic mass is 9.93. The van der Waals surface area contributed by atoms with Crippen molar-refractivity contribution in [3.8, 4) is 11.3 Å². The number of fused-ring (bicyclic) bond motifs is 1. The molecule has 0 bridgehead atoms. The highest BCUT2D eigenvalue weighted by Gasteiger charge is 2.37. The van der Waals surface area contributed by atoms with Crippen LogP contribution in [0.25, 0.3) is 22.3 Å². The average Bonchev–Trinajstić information content (AvgIpc) is 3.55. The summed E-state index contributed by atoms with van der Waals surface area (Å²) in [6.07, 6.45) is 5.98. The van der Waals surface area contributed by atoms with Gasteiger partial charge in [0, 0.05) is 63.1 Å². The van der Waals surface area contributed by atoms with E-state index in [1.807, 2.05) is 6.20 Å². The third-order valence-electron chi connectivity index (χ3n) is 8.16. The average molecular weight is 492 g/mol. The molecule has 0 amide bonds. The fraction of sp³-hybridized carbons (Fsp3) is 0.593. The monoisotopic (exact) mass is 491 g/mol. The largest absolute Gasteiger partial charge is 0.396 e. The van der Waals surface area contributed by atoms with E-state index < -0.39 is 0 Å². The van der Waals surface area contributed by atoms with Crippen molar-refractivity contribution < 1.29 is 10.2 Å². The number of piperazine rings is 1. The van der Waals surface area contributed by atoms with Crippen molar-refractivity contribution in [1.82, 2.24) is 29.5 Å². The van der Waals surface area contributed by atoms with Crippen LogP contribution in [0.15, 0.2) is 30.5 Å². The maximum absolute atomic E-state index is 10.0. The minimum atomic E-state index is -0.215. The predicted octanol–water partition coefficient (Wildman–Crippen LogP) is 2.51. The summed E-state index contributed by atoms with van der Waals surface area (Å²) >= 11 is 0. The number of aliphatic hydroxyl groups excluding tert-OH is 2. The summed E-state index contributed by atoms with van der Waals surface area (Å²) < 4.78 is 2.07. The van der Waals surface area contributed by atoms with Crippen molar-refractivity contribution >= 4 is 17.0 Å². The molecule has 6 rings (SSSR count). The first-order valence-electron chi connectivity index (χ1n) is 13.4. The zero-order valence-electron chi connectivity index (χ0n) is 21.1. The van der Waals surface area contributed by atoms with Gasteiger partial charge in [0.05, 0.1) is 17.5 Å². The van der Waals surface area contributed by atoms with Crippen LogP contribution in [0, 0.1) is 5.92 Å². The molecule has 192 valence electrons. The van der Waals surface area contributed by atoms with E-state index in [2.05, 4.69) is 56.1 Å². The molecule has 9 nitrogen and oxygen atoms in total. The Bertz CT molecular complexity index is 1180. The summed E-state index contributed by atoms with van der Waals surface area (Å²) in [7, 11) is 2.19. The summed E-state index contributed by atoms with van der Waals surface area (Å²) in [4.78, 5) is 14.4. The zero-order chi connectivity index (χ0) is 24.6. The first-order chi connectivity index (χ1) is 17.6. The lowest BCUT2D eigenvalue weighted by Gasteiger charge is -2.32. The van der Waals surface area contributed by atoms with Crippen LogP contribution in [-0.2, 0) is 6.54 Å². The van der Waals surface area contributed by atoms with Crippen LogP contribution in [0.2, 0.25) is 0 Å². The molecule has 1 saturated heterocycles. The van der Waals surface area contributed by atoms with Crippen molar-refractivity contribution in [2.24, 2.45) is 5.92 Å². The first kappa shape index (κ1) is 23.8. The summed E-state index contributed by atoms with van der Waals surface area (Å²) in [6, 6.07) is 9.23. The van der Waals surface area contributed by atoms with Gasteiger partial charge in [-0.25, -0.2) is 9.67 Å². The Balaban J connectivity index is 1.28. The van der Waals surface area contributed by atoms with Gasteiger partial charge in [0.25, 0.3) is 0 Å². The van der Waals surface area contributed by atoms with Gasteiger partial charge < -0.3 is 20.4 Å². The van der Waals surface area contributed by atoms with Crippen molar-refractivity contribution in [3.05, 3.63) is 36.0 Å². The van der Waals surface area contributed by atoms with Crippen LogP contribution >= 0.6 is 0 Å². The van der Waals surface area contributed by atoms with Gasteiger partial charge in [0.2, 0.25) is 5.95 Å². The Morgan fingerprint density at radius 2 is 1.78 bits per heavy atom. The lowest BCUT2D eigenvalue weighted by molar-refractivity contribution is 0.109. The number of nitrogens with zero attached hydrogens (tertiary/aromatic N) is 6. The van der Waals surface area contributed by atoms with Gasteiger partial charge in [0.1, 0.15) is 5.69 Å². The number of likely N-dealkylation sites (N-methyl/N-ethyl adjacent to an activating group) is 1. The second-order valence-corrected chi connectivity index (χ2v) is 10.9. The Morgan fingerprint density at radius 3 is 2.47 bits per heavy atom. The van der Waals surface area contributed by atoms with Crippen LogP contribution in [0.1, 0.15) is 43.7 Å². The molecule has 2 atom stereocenters. The standard InChI is InChI=1S/C27H37N7O2/c1-32-10-12-33(13-11-32)16-18-2-4-19(5-3-18)25-23-15-28-27(29-24-14-20(24)17-35)30-26(23)34(31-25)21-6-8-22(36)9-7-21/h2-5,15,20-22,24,35-36H,6-14,16-17H2,1H3,(H,28,29,30)/t20?,21-,22-,24?. The third-order valence-corrected chi connectivity index (χ3v) is 8.16. The molecule has 3 N–H and O–H groups in total. The maximum atomic E-state index is 10.0. The first-order valence-corrected chi connectivity index (χ1v) is 13.4. The number of anilines is 1. The Morgan fingerprint density at radius 1 is 1.03 bits per heavy atom. The molecule has 2 saturated carbocycles. The van der Waals surface area contributed by atoms with Crippen LogP contribution in [0.4, 0.5) is 5.95 Å². The Labute approximate surface area is 212 Å². The number of aliphatic hydroxyl groups is 2. The van der Waals surface area contributed by atoms with Crippen LogP contribution in [0.5, 0.6) is 0 Å². The molecule has 1 aliphatic heterocycles. The minimum absolute atomic E-state index is 0.192. The SMILES string of the molecule is CN1CCN(Cc2ccc(-c3nn([C@H]4CC[C@H](O)CC4)c4nc(NC5CC5CO)ncc34)cc2)CC1. The van der Waals surface area contributed by atoms with E-state index in [1.165, 1.54) is 5.56 Å². The van der Waals surface area contributed by atoms with E-state index in [1.54, 1.807) is 0 Å². The highest BCUT2D eigenvalue weighted by atomic mass is 16.3. The lowest BCUT2D eigenvalue weighted by Crippen LogP contribution is -2.43. The quantitative estimate of drug-likeness (QED) is 0.463. The van der Waals surface area contributed by atoms with Crippen LogP contribution in [-0.4, -0.2) is 91.7 Å². The van der Waals surface area contributed by atoms with Crippen LogP contribution in [0.3, 0.4) is 0 Å². The topological polar surface area (TPSA) is 103 Å². The van der Waals surface area contributed by atoms with E-state index in [4.69, 9.17) is 10.1 Å². The molecule has 2 unspecified atom stereocenters. The van der Waals surface area contributed by atoms with Gasteiger partial charge >= 0.3 is 0 Å². The number of hydrogen-bond acceptors (Lipinski definition) is 8. The molecular weight excluding hydrogens is 454 g/mol. The molecule has 3 aliphatic rings. The van der Waals surface area contributed by atoms with Gasteiger partial charge in [-0.05, 0) is 44.7 Å². The van der Waals surface area contributed by atoms with Crippen molar-refractivity contribution in [2.75, 3.05) is 45.2 Å². The molecule has 3 fully saturated rings. The number of rotatable bonds is 7. The molecule has 3 aromatic rings. The van der Waals surface area contributed by atoms with E-state index >= 15 is 0 Å². The molecule has 1 aromatic carbocycles. The Hall–Kier alpha value is -2.59. The van der Waals surface area contributed by atoms with Crippen molar-refractivity contribution in [2.45, 2.75) is 56.8 Å². The molecule has 9 heteroatoms. The summed E-state index contributed by atoms with van der Waals surface area (Å²) in [6.45, 7) is 5.63. The highest BCUT2D eigenvalue weighted by molar-refractivity contribution is 5.91. The van der Waals surface area contributed by atoms with Gasteiger partial charge in [-0.15, -0.1) is 0 Å².